The van der Waals surface area contributed by atoms with Gasteiger partial charge in [-0.05, 0) is 35.0 Å². The number of tetrazole rings is 1. The molecule has 0 spiro atoms. The maximum Gasteiger partial charge on any atom is 0.183 e. The molecule has 1 aliphatic heterocycles. The normalized spacial score (nSPS) is 18.9. The molecule has 1 unspecified atom stereocenters. The summed E-state index contributed by atoms with van der Waals surface area (Å²) in [5.74, 6) is 1.20. The lowest BCUT2D eigenvalue weighted by molar-refractivity contribution is 0.181. The van der Waals surface area contributed by atoms with E-state index in [9.17, 15) is 0 Å². The van der Waals surface area contributed by atoms with Crippen LogP contribution >= 0.6 is 15.9 Å². The number of hydrogen-bond donors (Lipinski definition) is 1. The predicted molar refractivity (Wildman–Crippen MR) is 74.3 cm³/mol. The van der Waals surface area contributed by atoms with E-state index in [-0.39, 0.29) is 0 Å². The highest BCUT2D eigenvalue weighted by Gasteiger charge is 2.20. The van der Waals surface area contributed by atoms with Crippen LogP contribution in [-0.2, 0) is 11.3 Å². The van der Waals surface area contributed by atoms with Crippen LogP contribution in [0.2, 0.25) is 0 Å². The van der Waals surface area contributed by atoms with Gasteiger partial charge in [-0.25, -0.2) is 4.68 Å². The Kier molecular flexibility index (Phi) is 3.48. The second-order valence-electron chi connectivity index (χ2n) is 4.65. The fourth-order valence-electron chi connectivity index (χ4n) is 2.21. The van der Waals surface area contributed by atoms with Gasteiger partial charge in [0.25, 0.3) is 0 Å². The molecule has 0 radical (unpaired) electrons. The number of nitrogens with two attached hydrogens (primary N) is 1. The zero-order valence-electron chi connectivity index (χ0n) is 10.3. The first-order chi connectivity index (χ1) is 9.24. The van der Waals surface area contributed by atoms with Crippen LogP contribution in [0.3, 0.4) is 0 Å². The van der Waals surface area contributed by atoms with Crippen molar-refractivity contribution in [1.82, 2.24) is 20.2 Å². The number of ether oxygens (including phenoxy) is 1. The monoisotopic (exact) mass is 323 g/mol. The second-order valence-corrected chi connectivity index (χ2v) is 5.51. The van der Waals surface area contributed by atoms with E-state index < -0.39 is 0 Å². The summed E-state index contributed by atoms with van der Waals surface area (Å²) in [6, 6.07) is 5.62. The molecule has 0 amide bonds. The Morgan fingerprint density at radius 1 is 1.47 bits per heavy atom. The molecule has 7 heteroatoms. The highest BCUT2D eigenvalue weighted by Crippen LogP contribution is 2.29. The number of rotatable bonds is 3. The fourth-order valence-corrected chi connectivity index (χ4v) is 2.63. The number of anilines is 1. The fraction of sp³-hybridized carbons (Fsp3) is 0.417. The summed E-state index contributed by atoms with van der Waals surface area (Å²) in [5, 5.41) is 11.9. The van der Waals surface area contributed by atoms with E-state index in [0.717, 1.165) is 42.0 Å². The molecule has 2 N–H and O–H groups in total. The maximum atomic E-state index is 5.83. The lowest BCUT2D eigenvalue weighted by atomic mass is 10.1. The van der Waals surface area contributed by atoms with E-state index in [2.05, 4.69) is 31.5 Å². The minimum atomic E-state index is 0.474. The standard InChI is InChI=1S/C12H14BrN5O/c13-11-2-1-9(14)5-10(11)12-15-16-17-18(12)6-8-3-4-19-7-8/h1-2,5,8H,3-4,6-7,14H2. The van der Waals surface area contributed by atoms with E-state index >= 15 is 0 Å². The largest absolute Gasteiger partial charge is 0.399 e. The molecular formula is C12H14BrN5O. The van der Waals surface area contributed by atoms with Gasteiger partial charge in [0, 0.05) is 28.2 Å². The Labute approximate surface area is 119 Å². The van der Waals surface area contributed by atoms with E-state index in [4.69, 9.17) is 10.5 Å². The van der Waals surface area contributed by atoms with Crippen molar-refractivity contribution in [2.24, 2.45) is 5.92 Å². The molecular weight excluding hydrogens is 310 g/mol. The molecule has 1 aromatic heterocycles. The summed E-state index contributed by atoms with van der Waals surface area (Å²) < 4.78 is 8.13. The summed E-state index contributed by atoms with van der Waals surface area (Å²) in [4.78, 5) is 0. The second kappa shape index (κ2) is 5.26. The first-order valence-corrected chi connectivity index (χ1v) is 6.92. The molecule has 2 heterocycles. The summed E-state index contributed by atoms with van der Waals surface area (Å²) in [6.07, 6.45) is 1.05. The minimum Gasteiger partial charge on any atom is -0.399 e. The minimum absolute atomic E-state index is 0.474. The van der Waals surface area contributed by atoms with Gasteiger partial charge >= 0.3 is 0 Å². The van der Waals surface area contributed by atoms with Crippen molar-refractivity contribution in [3.05, 3.63) is 22.7 Å². The van der Waals surface area contributed by atoms with Gasteiger partial charge in [-0.3, -0.25) is 0 Å². The molecule has 19 heavy (non-hydrogen) atoms. The van der Waals surface area contributed by atoms with Gasteiger partial charge in [0.05, 0.1) is 13.2 Å². The van der Waals surface area contributed by atoms with Crippen LogP contribution in [0.1, 0.15) is 6.42 Å². The summed E-state index contributed by atoms with van der Waals surface area (Å²) in [7, 11) is 0. The Bertz CT molecular complexity index is 579. The van der Waals surface area contributed by atoms with Crippen molar-refractivity contribution in [3.8, 4) is 11.4 Å². The Morgan fingerprint density at radius 2 is 2.37 bits per heavy atom. The first kappa shape index (κ1) is 12.6. The van der Waals surface area contributed by atoms with Gasteiger partial charge in [-0.2, -0.15) is 0 Å². The van der Waals surface area contributed by atoms with Gasteiger partial charge in [-0.15, -0.1) is 5.10 Å². The van der Waals surface area contributed by atoms with E-state index in [1.54, 1.807) is 0 Å². The van der Waals surface area contributed by atoms with Crippen LogP contribution in [-0.4, -0.2) is 33.4 Å². The van der Waals surface area contributed by atoms with Crippen LogP contribution in [0.4, 0.5) is 5.69 Å². The average molecular weight is 324 g/mol. The number of benzene rings is 1. The molecule has 0 bridgehead atoms. The van der Waals surface area contributed by atoms with Gasteiger partial charge in [0.1, 0.15) is 0 Å². The molecule has 1 fully saturated rings. The van der Waals surface area contributed by atoms with Crippen LogP contribution in [0.15, 0.2) is 22.7 Å². The number of nitrogen functional groups attached to an aromatic ring is 1. The Balaban J connectivity index is 1.92. The molecule has 3 rings (SSSR count). The van der Waals surface area contributed by atoms with Crippen molar-refractivity contribution >= 4 is 21.6 Å². The molecule has 1 saturated heterocycles. The smallest absolute Gasteiger partial charge is 0.183 e. The third-order valence-electron chi connectivity index (χ3n) is 3.22. The highest BCUT2D eigenvalue weighted by molar-refractivity contribution is 9.10. The molecule has 1 aliphatic rings. The van der Waals surface area contributed by atoms with Crippen molar-refractivity contribution in [3.63, 3.8) is 0 Å². The lowest BCUT2D eigenvalue weighted by Crippen LogP contribution is -2.13. The average Bonchev–Trinajstić information content (AvgIpc) is 3.04. The molecule has 1 aromatic carbocycles. The third-order valence-corrected chi connectivity index (χ3v) is 3.91. The SMILES string of the molecule is Nc1ccc(Br)c(-c2nnnn2CC2CCOC2)c1. The van der Waals surface area contributed by atoms with E-state index in [1.165, 1.54) is 0 Å². The van der Waals surface area contributed by atoms with Crippen molar-refractivity contribution in [2.45, 2.75) is 13.0 Å². The predicted octanol–water partition coefficient (Wildman–Crippen LogP) is 1.72. The van der Waals surface area contributed by atoms with E-state index in [0.29, 0.717) is 11.6 Å². The van der Waals surface area contributed by atoms with Crippen molar-refractivity contribution in [1.29, 1.82) is 0 Å². The van der Waals surface area contributed by atoms with Crippen LogP contribution in [0, 0.1) is 5.92 Å². The van der Waals surface area contributed by atoms with Gasteiger partial charge in [-0.1, -0.05) is 15.9 Å². The Hall–Kier alpha value is -1.47. The summed E-state index contributed by atoms with van der Waals surface area (Å²) >= 11 is 3.51. The summed E-state index contributed by atoms with van der Waals surface area (Å²) in [6.45, 7) is 2.37. The molecule has 6 nitrogen and oxygen atoms in total. The van der Waals surface area contributed by atoms with Crippen LogP contribution in [0.25, 0.3) is 11.4 Å². The number of aromatic nitrogens is 4. The topological polar surface area (TPSA) is 78.9 Å². The van der Waals surface area contributed by atoms with Crippen LogP contribution in [0.5, 0.6) is 0 Å². The van der Waals surface area contributed by atoms with Gasteiger partial charge < -0.3 is 10.5 Å². The third kappa shape index (κ3) is 2.62. The molecule has 2 aromatic rings. The lowest BCUT2D eigenvalue weighted by Gasteiger charge is -2.10. The van der Waals surface area contributed by atoms with Crippen molar-refractivity contribution in [2.75, 3.05) is 18.9 Å². The molecule has 100 valence electrons. The van der Waals surface area contributed by atoms with Crippen molar-refractivity contribution < 1.29 is 4.74 Å². The number of halogens is 1. The molecule has 0 aliphatic carbocycles. The number of nitrogens with zero attached hydrogens (tertiary/aromatic N) is 4. The van der Waals surface area contributed by atoms with Gasteiger partial charge in [0.15, 0.2) is 5.82 Å². The quantitative estimate of drug-likeness (QED) is 0.870. The number of hydrogen-bond acceptors (Lipinski definition) is 5. The summed E-state index contributed by atoms with van der Waals surface area (Å²) in [5.41, 5.74) is 7.43. The highest BCUT2D eigenvalue weighted by atomic mass is 79.9. The maximum absolute atomic E-state index is 5.83. The molecule has 0 saturated carbocycles. The van der Waals surface area contributed by atoms with E-state index in [1.807, 2.05) is 22.9 Å². The molecule has 1 atom stereocenters. The zero-order chi connectivity index (χ0) is 13.2. The van der Waals surface area contributed by atoms with Gasteiger partial charge in [0.2, 0.25) is 0 Å². The first-order valence-electron chi connectivity index (χ1n) is 6.13. The zero-order valence-corrected chi connectivity index (χ0v) is 11.9. The van der Waals surface area contributed by atoms with Crippen LogP contribution < -0.4 is 5.73 Å². The Morgan fingerprint density at radius 3 is 3.16 bits per heavy atom.